The third kappa shape index (κ3) is 6.38. The molecule has 0 spiro atoms. The zero-order valence-electron chi connectivity index (χ0n) is 17.6. The van der Waals surface area contributed by atoms with Gasteiger partial charge in [-0.1, -0.05) is 30.9 Å². The van der Waals surface area contributed by atoms with E-state index in [0.29, 0.717) is 18.9 Å². The average molecular weight is 414 g/mol. The molecule has 1 amide bonds. The summed E-state index contributed by atoms with van der Waals surface area (Å²) >= 11 is 0. The molecule has 6 nitrogen and oxygen atoms in total. The van der Waals surface area contributed by atoms with E-state index in [0.717, 1.165) is 48.0 Å². The summed E-state index contributed by atoms with van der Waals surface area (Å²) in [5.74, 6) is 0.129. The highest BCUT2D eigenvalue weighted by atomic mass is 16.2. The SMILES string of the molecule is C=C/C=N\C=C\CC(=O)N1CCC(Nc2cc(C/C=C/C#N)cc3ccncc23)CC1. The second kappa shape index (κ2) is 11.5. The minimum atomic E-state index is 0.129. The first kappa shape index (κ1) is 22.0. The standard InChI is InChI=1S/C25H27N5O/c1-2-12-27-13-5-7-25(31)30-15-9-22(10-16-30)29-24-18-20(6-3-4-11-26)17-21-8-14-28-19-23(21)24/h2-5,8,12-14,17-19,22,29H,1,6-7,9-10,15-16H2/b4-3+,13-5+,27-12-. The van der Waals surface area contributed by atoms with E-state index in [4.69, 9.17) is 5.26 Å². The summed E-state index contributed by atoms with van der Waals surface area (Å²) in [5, 5.41) is 14.6. The Hall–Kier alpha value is -3.72. The molecule has 1 saturated heterocycles. The molecule has 158 valence electrons. The molecule has 1 fully saturated rings. The van der Waals surface area contributed by atoms with Gasteiger partial charge in [-0.25, -0.2) is 0 Å². The summed E-state index contributed by atoms with van der Waals surface area (Å²) in [6.07, 6.45) is 16.5. The van der Waals surface area contributed by atoms with Gasteiger partial charge in [0.15, 0.2) is 0 Å². The van der Waals surface area contributed by atoms with Crippen molar-refractivity contribution in [3.05, 3.63) is 73.2 Å². The van der Waals surface area contributed by atoms with Crippen LogP contribution in [0, 0.1) is 11.3 Å². The summed E-state index contributed by atoms with van der Waals surface area (Å²) in [4.78, 5) is 22.6. The number of pyridine rings is 1. The van der Waals surface area contributed by atoms with Gasteiger partial charge in [-0.15, -0.1) is 0 Å². The molecule has 1 aromatic carbocycles. The van der Waals surface area contributed by atoms with E-state index >= 15 is 0 Å². The number of nitriles is 1. The number of amides is 1. The number of nitrogens with one attached hydrogen (secondary N) is 1. The lowest BCUT2D eigenvalue weighted by Crippen LogP contribution is -2.42. The third-order valence-electron chi connectivity index (χ3n) is 5.24. The summed E-state index contributed by atoms with van der Waals surface area (Å²) < 4.78 is 0. The zero-order chi connectivity index (χ0) is 21.9. The van der Waals surface area contributed by atoms with Gasteiger partial charge in [0.25, 0.3) is 0 Å². The Kier molecular flexibility index (Phi) is 8.13. The Balaban J connectivity index is 1.62. The highest BCUT2D eigenvalue weighted by molar-refractivity contribution is 5.94. The number of rotatable bonds is 8. The molecule has 0 aliphatic carbocycles. The second-order valence-corrected chi connectivity index (χ2v) is 7.40. The van der Waals surface area contributed by atoms with E-state index in [1.807, 2.05) is 29.3 Å². The molecule has 1 aliphatic rings. The van der Waals surface area contributed by atoms with Crippen molar-refractivity contribution in [2.24, 2.45) is 4.99 Å². The van der Waals surface area contributed by atoms with Crippen molar-refractivity contribution in [3.8, 4) is 6.07 Å². The molecule has 0 atom stereocenters. The van der Waals surface area contributed by atoms with Crippen LogP contribution in [0.15, 0.2) is 72.7 Å². The fraction of sp³-hybridized carbons (Fsp3) is 0.280. The molecule has 0 bridgehead atoms. The number of benzene rings is 1. The number of piperidine rings is 1. The van der Waals surface area contributed by atoms with Crippen molar-refractivity contribution in [2.45, 2.75) is 31.7 Å². The van der Waals surface area contributed by atoms with Crippen LogP contribution in [0.3, 0.4) is 0 Å². The van der Waals surface area contributed by atoms with Crippen molar-refractivity contribution in [2.75, 3.05) is 18.4 Å². The van der Waals surface area contributed by atoms with E-state index in [2.05, 4.69) is 34.0 Å². The van der Waals surface area contributed by atoms with Gasteiger partial charge in [-0.05, 0) is 42.3 Å². The molecule has 31 heavy (non-hydrogen) atoms. The van der Waals surface area contributed by atoms with Crippen molar-refractivity contribution < 1.29 is 4.79 Å². The van der Waals surface area contributed by atoms with Gasteiger partial charge in [0.1, 0.15) is 0 Å². The van der Waals surface area contributed by atoms with E-state index in [-0.39, 0.29) is 5.91 Å². The largest absolute Gasteiger partial charge is 0.382 e. The van der Waals surface area contributed by atoms with Crippen LogP contribution < -0.4 is 5.32 Å². The number of carbonyl (C=O) groups is 1. The maximum atomic E-state index is 12.4. The van der Waals surface area contributed by atoms with Crippen LogP contribution in [0.25, 0.3) is 10.8 Å². The maximum Gasteiger partial charge on any atom is 0.226 e. The number of allylic oxidation sites excluding steroid dienone is 3. The molecule has 1 aromatic heterocycles. The van der Waals surface area contributed by atoms with Crippen molar-refractivity contribution in [3.63, 3.8) is 0 Å². The number of hydrogen-bond acceptors (Lipinski definition) is 5. The highest BCUT2D eigenvalue weighted by Gasteiger charge is 2.22. The fourth-order valence-electron chi connectivity index (χ4n) is 3.69. The maximum absolute atomic E-state index is 12.4. The average Bonchev–Trinajstić information content (AvgIpc) is 2.79. The minimum Gasteiger partial charge on any atom is -0.382 e. The lowest BCUT2D eigenvalue weighted by molar-refractivity contribution is -0.131. The molecule has 0 unspecified atom stereocenters. The summed E-state index contributed by atoms with van der Waals surface area (Å²) in [6.45, 7) is 5.03. The molecular weight excluding hydrogens is 386 g/mol. The fourth-order valence-corrected chi connectivity index (χ4v) is 3.69. The quantitative estimate of drug-likeness (QED) is 0.513. The smallest absolute Gasteiger partial charge is 0.226 e. The third-order valence-corrected chi connectivity index (χ3v) is 5.24. The molecule has 2 heterocycles. The van der Waals surface area contributed by atoms with Gasteiger partial charge < -0.3 is 10.2 Å². The van der Waals surface area contributed by atoms with Crippen molar-refractivity contribution in [1.29, 1.82) is 5.26 Å². The van der Waals surface area contributed by atoms with Crippen molar-refractivity contribution in [1.82, 2.24) is 9.88 Å². The molecular formula is C25H27N5O. The monoisotopic (exact) mass is 413 g/mol. The van der Waals surface area contributed by atoms with Gasteiger partial charge >= 0.3 is 0 Å². The van der Waals surface area contributed by atoms with Crippen LogP contribution in [-0.4, -0.2) is 41.1 Å². The predicted molar refractivity (Wildman–Crippen MR) is 126 cm³/mol. The number of likely N-dealkylation sites (tertiary alicyclic amines) is 1. The van der Waals surface area contributed by atoms with Gasteiger partial charge in [0, 0.05) is 67.5 Å². The van der Waals surface area contributed by atoms with E-state index in [1.54, 1.807) is 30.8 Å². The van der Waals surface area contributed by atoms with E-state index in [9.17, 15) is 4.79 Å². The van der Waals surface area contributed by atoms with Gasteiger partial charge in [0.05, 0.1) is 6.07 Å². The second-order valence-electron chi connectivity index (χ2n) is 7.40. The Morgan fingerprint density at radius 1 is 1.35 bits per heavy atom. The topological polar surface area (TPSA) is 81.4 Å². The normalized spacial score (nSPS) is 15.1. The van der Waals surface area contributed by atoms with Gasteiger partial charge in [0.2, 0.25) is 5.91 Å². The first-order valence-corrected chi connectivity index (χ1v) is 10.5. The molecule has 2 aromatic rings. The lowest BCUT2D eigenvalue weighted by Gasteiger charge is -2.33. The number of aromatic nitrogens is 1. The predicted octanol–water partition coefficient (Wildman–Crippen LogP) is 4.42. The Morgan fingerprint density at radius 3 is 2.97 bits per heavy atom. The summed E-state index contributed by atoms with van der Waals surface area (Å²) in [5.41, 5.74) is 2.20. The number of anilines is 1. The first-order chi connectivity index (χ1) is 15.2. The van der Waals surface area contributed by atoms with Crippen LogP contribution >= 0.6 is 0 Å². The summed E-state index contributed by atoms with van der Waals surface area (Å²) in [6, 6.07) is 8.61. The van der Waals surface area contributed by atoms with Gasteiger partial charge in [-0.3, -0.25) is 14.8 Å². The number of fused-ring (bicyclic) bond motifs is 1. The van der Waals surface area contributed by atoms with Crippen LogP contribution in [0.5, 0.6) is 0 Å². The van der Waals surface area contributed by atoms with Crippen LogP contribution in [-0.2, 0) is 11.2 Å². The van der Waals surface area contributed by atoms with Crippen LogP contribution in [0.4, 0.5) is 5.69 Å². The Labute approximate surface area is 183 Å². The molecule has 1 N–H and O–H groups in total. The van der Waals surface area contributed by atoms with Gasteiger partial charge in [-0.2, -0.15) is 5.26 Å². The zero-order valence-corrected chi connectivity index (χ0v) is 17.6. The molecule has 6 heteroatoms. The minimum absolute atomic E-state index is 0.129. The first-order valence-electron chi connectivity index (χ1n) is 10.5. The Bertz CT molecular complexity index is 1040. The number of carbonyl (C=O) groups excluding carboxylic acids is 1. The molecule has 1 aliphatic heterocycles. The lowest BCUT2D eigenvalue weighted by atomic mass is 10.0. The van der Waals surface area contributed by atoms with E-state index < -0.39 is 0 Å². The van der Waals surface area contributed by atoms with Crippen molar-refractivity contribution >= 4 is 28.6 Å². The molecule has 3 rings (SSSR count). The Morgan fingerprint density at radius 2 is 2.19 bits per heavy atom. The highest BCUT2D eigenvalue weighted by Crippen LogP contribution is 2.27. The molecule has 0 radical (unpaired) electrons. The number of hydrogen-bond donors (Lipinski definition) is 1. The van der Waals surface area contributed by atoms with Crippen LogP contribution in [0.1, 0.15) is 24.8 Å². The summed E-state index contributed by atoms with van der Waals surface area (Å²) in [7, 11) is 0. The van der Waals surface area contributed by atoms with Crippen LogP contribution in [0.2, 0.25) is 0 Å². The number of aliphatic imine (C=N–C) groups is 1. The molecule has 0 saturated carbocycles. The van der Waals surface area contributed by atoms with E-state index in [1.165, 1.54) is 6.08 Å². The number of nitrogens with zero attached hydrogens (tertiary/aromatic N) is 4.